The van der Waals surface area contributed by atoms with Gasteiger partial charge in [-0.05, 0) is 58.7 Å². The van der Waals surface area contributed by atoms with Crippen molar-refractivity contribution < 1.29 is 8.42 Å². The Morgan fingerprint density at radius 3 is 2.35 bits per heavy atom. The van der Waals surface area contributed by atoms with Crippen molar-refractivity contribution in [3.8, 4) is 0 Å². The highest BCUT2D eigenvalue weighted by molar-refractivity contribution is 9.11. The summed E-state index contributed by atoms with van der Waals surface area (Å²) in [7, 11) is -2.04. The van der Waals surface area contributed by atoms with Crippen molar-refractivity contribution in [1.82, 2.24) is 0 Å². The molecule has 106 valence electrons. The maximum atomic E-state index is 12.7. The molecule has 0 aromatic heterocycles. The summed E-state index contributed by atoms with van der Waals surface area (Å²) in [5.41, 5.74) is 1.65. The van der Waals surface area contributed by atoms with Crippen LogP contribution in [-0.2, 0) is 10.0 Å². The molecule has 0 heterocycles. The fourth-order valence-electron chi connectivity index (χ4n) is 1.79. The quantitative estimate of drug-likeness (QED) is 0.743. The Bertz CT molecular complexity index is 745. The zero-order valence-corrected chi connectivity index (χ0v) is 15.0. The van der Waals surface area contributed by atoms with Crippen LogP contribution >= 0.6 is 31.9 Å². The van der Waals surface area contributed by atoms with Crippen LogP contribution in [0.4, 0.5) is 5.69 Å². The first-order chi connectivity index (χ1) is 9.32. The van der Waals surface area contributed by atoms with Gasteiger partial charge in [0.2, 0.25) is 0 Å². The monoisotopic (exact) mass is 417 g/mol. The van der Waals surface area contributed by atoms with Gasteiger partial charge in [-0.25, -0.2) is 8.42 Å². The summed E-state index contributed by atoms with van der Waals surface area (Å²) in [6, 6.07) is 12.4. The summed E-state index contributed by atoms with van der Waals surface area (Å²) < 4.78 is 28.0. The van der Waals surface area contributed by atoms with Gasteiger partial charge < -0.3 is 0 Å². The lowest BCUT2D eigenvalue weighted by atomic mass is 10.2. The molecule has 0 N–H and O–H groups in total. The van der Waals surface area contributed by atoms with E-state index >= 15 is 0 Å². The van der Waals surface area contributed by atoms with E-state index in [2.05, 4.69) is 31.9 Å². The highest BCUT2D eigenvalue weighted by Gasteiger charge is 2.23. The fraction of sp³-hybridized carbons (Fsp3) is 0.143. The molecular weight excluding hydrogens is 406 g/mol. The van der Waals surface area contributed by atoms with Gasteiger partial charge in [-0.3, -0.25) is 4.31 Å². The van der Waals surface area contributed by atoms with Gasteiger partial charge in [-0.1, -0.05) is 28.1 Å². The van der Waals surface area contributed by atoms with Crippen LogP contribution < -0.4 is 4.31 Å². The largest absolute Gasteiger partial charge is 0.269 e. The molecule has 0 spiro atoms. The molecule has 20 heavy (non-hydrogen) atoms. The van der Waals surface area contributed by atoms with Crippen molar-refractivity contribution in [3.05, 3.63) is 57.0 Å². The Kier molecular flexibility index (Phi) is 4.56. The lowest BCUT2D eigenvalue weighted by Crippen LogP contribution is -2.26. The van der Waals surface area contributed by atoms with Crippen LogP contribution in [0, 0.1) is 6.92 Å². The van der Waals surface area contributed by atoms with Gasteiger partial charge in [0.05, 0.1) is 5.69 Å². The molecule has 3 nitrogen and oxygen atoms in total. The molecule has 0 aliphatic rings. The normalized spacial score (nSPS) is 11.4. The molecular formula is C14H13Br2NO2S. The molecule has 0 atom stereocenters. The van der Waals surface area contributed by atoms with E-state index < -0.39 is 10.0 Å². The Morgan fingerprint density at radius 2 is 1.75 bits per heavy atom. The Morgan fingerprint density at radius 1 is 1.05 bits per heavy atom. The van der Waals surface area contributed by atoms with Crippen molar-refractivity contribution in [2.45, 2.75) is 11.8 Å². The standard InChI is InChI=1S/C14H13Br2NO2S/c1-10-4-3-5-12(8-10)17(2)20(18,19)14-7-6-11(15)9-13(14)16/h3-9H,1-2H3. The highest BCUT2D eigenvalue weighted by Crippen LogP contribution is 2.30. The minimum Gasteiger partial charge on any atom is -0.269 e. The second-order valence-electron chi connectivity index (χ2n) is 4.39. The topological polar surface area (TPSA) is 37.4 Å². The van der Waals surface area contributed by atoms with Crippen LogP contribution in [0.5, 0.6) is 0 Å². The summed E-state index contributed by atoms with van der Waals surface area (Å²) in [4.78, 5) is 0.240. The summed E-state index contributed by atoms with van der Waals surface area (Å²) in [6.07, 6.45) is 0. The number of benzene rings is 2. The third-order valence-electron chi connectivity index (χ3n) is 2.90. The third-order valence-corrected chi connectivity index (χ3v) is 6.15. The van der Waals surface area contributed by atoms with Gasteiger partial charge in [-0.2, -0.15) is 0 Å². The van der Waals surface area contributed by atoms with Crippen LogP contribution in [0.15, 0.2) is 56.3 Å². The van der Waals surface area contributed by atoms with Crippen molar-refractivity contribution in [3.63, 3.8) is 0 Å². The first-order valence-corrected chi connectivity index (χ1v) is 8.85. The number of rotatable bonds is 3. The summed E-state index contributed by atoms with van der Waals surface area (Å²) in [5.74, 6) is 0. The van der Waals surface area contributed by atoms with Gasteiger partial charge in [0.1, 0.15) is 4.90 Å². The van der Waals surface area contributed by atoms with E-state index in [1.807, 2.05) is 25.1 Å². The molecule has 0 bridgehead atoms. The summed E-state index contributed by atoms with van der Waals surface area (Å²) in [6.45, 7) is 1.93. The number of hydrogen-bond acceptors (Lipinski definition) is 2. The number of nitrogens with zero attached hydrogens (tertiary/aromatic N) is 1. The van der Waals surface area contributed by atoms with Crippen LogP contribution in [0.2, 0.25) is 0 Å². The molecule has 6 heteroatoms. The second-order valence-corrected chi connectivity index (χ2v) is 8.09. The average Bonchev–Trinajstić information content (AvgIpc) is 2.37. The number of sulfonamides is 1. The second kappa shape index (κ2) is 5.87. The van der Waals surface area contributed by atoms with Gasteiger partial charge in [-0.15, -0.1) is 0 Å². The molecule has 2 aromatic rings. The Labute approximate surface area is 135 Å². The van der Waals surface area contributed by atoms with E-state index in [0.29, 0.717) is 10.2 Å². The van der Waals surface area contributed by atoms with E-state index in [-0.39, 0.29) is 4.90 Å². The predicted octanol–water partition coefficient (Wildman–Crippen LogP) is 4.35. The molecule has 0 amide bonds. The maximum absolute atomic E-state index is 12.7. The summed E-state index contributed by atoms with van der Waals surface area (Å²) >= 11 is 6.62. The number of aryl methyl sites for hydroxylation is 1. The van der Waals surface area contributed by atoms with Gasteiger partial charge >= 0.3 is 0 Å². The van der Waals surface area contributed by atoms with Crippen molar-refractivity contribution in [1.29, 1.82) is 0 Å². The fourth-order valence-corrected chi connectivity index (χ4v) is 4.69. The molecule has 2 aromatic carbocycles. The van der Waals surface area contributed by atoms with Crippen molar-refractivity contribution >= 4 is 47.6 Å². The first kappa shape index (κ1) is 15.5. The predicted molar refractivity (Wildman–Crippen MR) is 88.6 cm³/mol. The summed E-state index contributed by atoms with van der Waals surface area (Å²) in [5, 5.41) is 0. The zero-order chi connectivity index (χ0) is 14.9. The molecule has 0 aliphatic carbocycles. The molecule has 0 aliphatic heterocycles. The molecule has 0 saturated heterocycles. The van der Waals surface area contributed by atoms with Crippen LogP contribution in [-0.4, -0.2) is 15.5 Å². The van der Waals surface area contributed by atoms with Crippen molar-refractivity contribution in [2.75, 3.05) is 11.4 Å². The Balaban J connectivity index is 2.49. The average molecular weight is 419 g/mol. The van der Waals surface area contributed by atoms with Gasteiger partial charge in [0.25, 0.3) is 10.0 Å². The third kappa shape index (κ3) is 3.07. The number of anilines is 1. The molecule has 2 rings (SSSR count). The zero-order valence-electron chi connectivity index (χ0n) is 11.0. The van der Waals surface area contributed by atoms with Crippen molar-refractivity contribution in [2.24, 2.45) is 0 Å². The van der Waals surface area contributed by atoms with Crippen LogP contribution in [0.1, 0.15) is 5.56 Å². The van der Waals surface area contributed by atoms with E-state index in [0.717, 1.165) is 10.0 Å². The number of halogens is 2. The molecule has 0 fully saturated rings. The smallest absolute Gasteiger partial charge is 0.265 e. The molecule has 0 unspecified atom stereocenters. The Hall–Kier alpha value is -0.850. The van der Waals surface area contributed by atoms with Gasteiger partial charge in [0.15, 0.2) is 0 Å². The number of hydrogen-bond donors (Lipinski definition) is 0. The lowest BCUT2D eigenvalue weighted by molar-refractivity contribution is 0.594. The lowest BCUT2D eigenvalue weighted by Gasteiger charge is -2.20. The van der Waals surface area contributed by atoms with E-state index in [1.54, 1.807) is 31.3 Å². The minimum absolute atomic E-state index is 0.240. The first-order valence-electron chi connectivity index (χ1n) is 5.83. The molecule has 0 radical (unpaired) electrons. The van der Waals surface area contributed by atoms with E-state index in [4.69, 9.17) is 0 Å². The maximum Gasteiger partial charge on any atom is 0.265 e. The van der Waals surface area contributed by atoms with Crippen LogP contribution in [0.25, 0.3) is 0 Å². The highest BCUT2D eigenvalue weighted by atomic mass is 79.9. The van der Waals surface area contributed by atoms with E-state index in [1.165, 1.54) is 4.31 Å². The van der Waals surface area contributed by atoms with Crippen LogP contribution in [0.3, 0.4) is 0 Å². The minimum atomic E-state index is -3.59. The van der Waals surface area contributed by atoms with Gasteiger partial charge in [0, 0.05) is 16.0 Å². The SMILES string of the molecule is Cc1cccc(N(C)S(=O)(=O)c2ccc(Br)cc2Br)c1. The molecule has 0 saturated carbocycles. The van der Waals surface area contributed by atoms with E-state index in [9.17, 15) is 8.42 Å².